The lowest BCUT2D eigenvalue weighted by Gasteiger charge is -2.36. The summed E-state index contributed by atoms with van der Waals surface area (Å²) < 4.78 is 43.4. The van der Waals surface area contributed by atoms with E-state index in [0.717, 1.165) is 23.0 Å². The van der Waals surface area contributed by atoms with E-state index in [2.05, 4.69) is 4.90 Å². The standard InChI is InChI=1S/C22H24F3N5S/c1-16-6-3-4-9-19(16)20-26-30(21(31)27(20)2)15-28-10-12-29(13-11-28)18-8-5-7-17(14-18)22(23,24)25/h3-9,14H,10-13,15H2,1-2H3. The number of nitrogens with zero attached hydrogens (tertiary/aromatic N) is 5. The Hall–Kier alpha value is -2.65. The molecule has 1 aliphatic rings. The molecule has 1 fully saturated rings. The van der Waals surface area contributed by atoms with Crippen LogP contribution in [0.2, 0.25) is 0 Å². The molecule has 1 saturated heterocycles. The van der Waals surface area contributed by atoms with Crippen LogP contribution in [-0.4, -0.2) is 45.4 Å². The van der Waals surface area contributed by atoms with Gasteiger partial charge in [0.05, 0.1) is 12.2 Å². The molecule has 9 heteroatoms. The lowest BCUT2D eigenvalue weighted by atomic mass is 10.1. The van der Waals surface area contributed by atoms with Crippen LogP contribution in [0.4, 0.5) is 18.9 Å². The third kappa shape index (κ3) is 4.52. The van der Waals surface area contributed by atoms with Crippen LogP contribution in [0.3, 0.4) is 0 Å². The van der Waals surface area contributed by atoms with Crippen molar-refractivity contribution in [3.8, 4) is 11.4 Å². The molecular formula is C22H24F3N5S. The third-order valence-corrected chi connectivity index (χ3v) is 6.16. The number of hydrogen-bond donors (Lipinski definition) is 0. The topological polar surface area (TPSA) is 29.2 Å². The summed E-state index contributed by atoms with van der Waals surface area (Å²) in [5.41, 5.74) is 2.17. The average Bonchev–Trinajstić information content (AvgIpc) is 3.02. The Bertz CT molecular complexity index is 1130. The van der Waals surface area contributed by atoms with E-state index in [0.29, 0.717) is 43.3 Å². The van der Waals surface area contributed by atoms with Gasteiger partial charge in [-0.1, -0.05) is 30.3 Å². The van der Waals surface area contributed by atoms with E-state index >= 15 is 0 Å². The van der Waals surface area contributed by atoms with Gasteiger partial charge in [-0.05, 0) is 42.9 Å². The maximum absolute atomic E-state index is 13.0. The molecule has 164 valence electrons. The minimum atomic E-state index is -4.33. The summed E-state index contributed by atoms with van der Waals surface area (Å²) in [6.45, 7) is 5.32. The van der Waals surface area contributed by atoms with Crippen molar-refractivity contribution in [3.63, 3.8) is 0 Å². The van der Waals surface area contributed by atoms with Crippen molar-refractivity contribution in [2.45, 2.75) is 19.8 Å². The van der Waals surface area contributed by atoms with Gasteiger partial charge in [-0.2, -0.15) is 18.3 Å². The predicted octanol–water partition coefficient (Wildman–Crippen LogP) is 4.73. The fourth-order valence-electron chi connectivity index (χ4n) is 3.85. The maximum Gasteiger partial charge on any atom is 0.416 e. The number of benzene rings is 2. The van der Waals surface area contributed by atoms with Crippen LogP contribution in [0.25, 0.3) is 11.4 Å². The number of anilines is 1. The largest absolute Gasteiger partial charge is 0.416 e. The maximum atomic E-state index is 13.0. The van der Waals surface area contributed by atoms with Gasteiger partial charge in [-0.25, -0.2) is 4.68 Å². The van der Waals surface area contributed by atoms with Crippen LogP contribution in [0.15, 0.2) is 48.5 Å². The van der Waals surface area contributed by atoms with Crippen molar-refractivity contribution in [2.24, 2.45) is 7.05 Å². The molecule has 0 atom stereocenters. The van der Waals surface area contributed by atoms with E-state index in [9.17, 15) is 13.2 Å². The molecule has 0 radical (unpaired) electrons. The zero-order valence-electron chi connectivity index (χ0n) is 17.4. The van der Waals surface area contributed by atoms with Crippen molar-refractivity contribution < 1.29 is 13.2 Å². The number of aryl methyl sites for hydroxylation is 1. The molecule has 0 spiro atoms. The highest BCUT2D eigenvalue weighted by Gasteiger charge is 2.31. The van der Waals surface area contributed by atoms with Gasteiger partial charge in [-0.15, -0.1) is 0 Å². The van der Waals surface area contributed by atoms with Crippen molar-refractivity contribution in [1.29, 1.82) is 0 Å². The average molecular weight is 448 g/mol. The van der Waals surface area contributed by atoms with Gasteiger partial charge in [-0.3, -0.25) is 4.90 Å². The Labute approximate surface area is 184 Å². The molecular weight excluding hydrogens is 423 g/mol. The van der Waals surface area contributed by atoms with E-state index in [4.69, 9.17) is 17.3 Å². The number of aromatic nitrogens is 3. The van der Waals surface area contributed by atoms with E-state index in [-0.39, 0.29) is 0 Å². The number of halogens is 3. The molecule has 2 aromatic carbocycles. The molecule has 0 amide bonds. The summed E-state index contributed by atoms with van der Waals surface area (Å²) >= 11 is 5.59. The summed E-state index contributed by atoms with van der Waals surface area (Å²) in [5, 5.41) is 4.75. The van der Waals surface area contributed by atoms with E-state index in [1.54, 1.807) is 6.07 Å². The number of rotatable bonds is 4. The second kappa shape index (κ2) is 8.47. The molecule has 0 saturated carbocycles. The molecule has 4 rings (SSSR count). The number of piperazine rings is 1. The van der Waals surface area contributed by atoms with Crippen LogP contribution in [0, 0.1) is 11.7 Å². The summed E-state index contributed by atoms with van der Waals surface area (Å²) in [5.74, 6) is 0.825. The minimum Gasteiger partial charge on any atom is -0.369 e. The monoisotopic (exact) mass is 447 g/mol. The molecule has 0 aliphatic carbocycles. The zero-order chi connectivity index (χ0) is 22.2. The van der Waals surface area contributed by atoms with Gasteiger partial charge in [0.1, 0.15) is 0 Å². The fraction of sp³-hybridized carbons (Fsp3) is 0.364. The summed E-state index contributed by atoms with van der Waals surface area (Å²) in [6, 6.07) is 13.6. The molecule has 5 nitrogen and oxygen atoms in total. The SMILES string of the molecule is Cc1ccccc1-c1nn(CN2CCN(c3cccc(C(F)(F)F)c3)CC2)c(=S)n1C. The van der Waals surface area contributed by atoms with Crippen molar-refractivity contribution >= 4 is 17.9 Å². The van der Waals surface area contributed by atoms with Crippen molar-refractivity contribution in [1.82, 2.24) is 19.2 Å². The van der Waals surface area contributed by atoms with Gasteiger partial charge >= 0.3 is 6.18 Å². The molecule has 1 aromatic heterocycles. The van der Waals surface area contributed by atoms with Gasteiger partial charge in [0, 0.05) is 44.5 Å². The second-order valence-electron chi connectivity index (χ2n) is 7.77. The van der Waals surface area contributed by atoms with Crippen molar-refractivity contribution in [3.05, 3.63) is 64.4 Å². The first-order valence-corrected chi connectivity index (χ1v) is 10.5. The Morgan fingerprint density at radius 2 is 1.71 bits per heavy atom. The lowest BCUT2D eigenvalue weighted by Crippen LogP contribution is -2.47. The first-order chi connectivity index (χ1) is 14.7. The van der Waals surface area contributed by atoms with Gasteiger partial charge in [0.25, 0.3) is 0 Å². The highest BCUT2D eigenvalue weighted by atomic mass is 32.1. The summed E-state index contributed by atoms with van der Waals surface area (Å²) in [7, 11) is 1.92. The van der Waals surface area contributed by atoms with Crippen LogP contribution < -0.4 is 4.90 Å². The molecule has 0 unspecified atom stereocenters. The Kier molecular flexibility index (Phi) is 5.90. The van der Waals surface area contributed by atoms with Gasteiger partial charge < -0.3 is 9.47 Å². The molecule has 0 N–H and O–H groups in total. The smallest absolute Gasteiger partial charge is 0.369 e. The normalized spacial score (nSPS) is 15.5. The molecule has 2 heterocycles. The van der Waals surface area contributed by atoms with E-state index in [1.807, 2.05) is 52.4 Å². The molecule has 1 aliphatic heterocycles. The fourth-order valence-corrected chi connectivity index (χ4v) is 4.04. The van der Waals surface area contributed by atoms with Crippen molar-refractivity contribution in [2.75, 3.05) is 31.1 Å². The summed E-state index contributed by atoms with van der Waals surface area (Å²) in [6.07, 6.45) is -4.33. The quantitative estimate of drug-likeness (QED) is 0.541. The van der Waals surface area contributed by atoms with Gasteiger partial charge in [0.2, 0.25) is 0 Å². The van der Waals surface area contributed by atoms with Crippen LogP contribution in [0.1, 0.15) is 11.1 Å². The second-order valence-corrected chi connectivity index (χ2v) is 8.14. The van der Waals surface area contributed by atoms with Crippen LogP contribution in [-0.2, 0) is 19.9 Å². The number of alkyl halides is 3. The Balaban J connectivity index is 1.45. The molecule has 3 aromatic rings. The zero-order valence-corrected chi connectivity index (χ0v) is 18.2. The first kappa shape index (κ1) is 21.6. The lowest BCUT2D eigenvalue weighted by molar-refractivity contribution is -0.137. The third-order valence-electron chi connectivity index (χ3n) is 5.67. The predicted molar refractivity (Wildman–Crippen MR) is 117 cm³/mol. The Morgan fingerprint density at radius 3 is 2.39 bits per heavy atom. The number of hydrogen-bond acceptors (Lipinski definition) is 4. The van der Waals surface area contributed by atoms with E-state index < -0.39 is 11.7 Å². The summed E-state index contributed by atoms with van der Waals surface area (Å²) in [4.78, 5) is 4.21. The highest BCUT2D eigenvalue weighted by Crippen LogP contribution is 2.32. The minimum absolute atomic E-state index is 0.551. The molecule has 31 heavy (non-hydrogen) atoms. The molecule has 0 bridgehead atoms. The Morgan fingerprint density at radius 1 is 1.00 bits per heavy atom. The van der Waals surface area contributed by atoms with Gasteiger partial charge in [0.15, 0.2) is 10.6 Å². The van der Waals surface area contributed by atoms with Crippen LogP contribution in [0.5, 0.6) is 0 Å². The van der Waals surface area contributed by atoms with Crippen LogP contribution >= 0.6 is 12.2 Å². The van der Waals surface area contributed by atoms with E-state index in [1.165, 1.54) is 12.1 Å². The highest BCUT2D eigenvalue weighted by molar-refractivity contribution is 7.71. The first-order valence-electron chi connectivity index (χ1n) is 10.1.